The van der Waals surface area contributed by atoms with Gasteiger partial charge in [0.1, 0.15) is 0 Å². The molecule has 0 radical (unpaired) electrons. The second kappa shape index (κ2) is 5.66. The van der Waals surface area contributed by atoms with Crippen molar-refractivity contribution in [3.8, 4) is 0 Å². The Labute approximate surface area is 113 Å². The highest BCUT2D eigenvalue weighted by Gasteiger charge is 2.11. The number of thiophene rings is 1. The molecule has 7 heteroatoms. The van der Waals surface area contributed by atoms with Crippen molar-refractivity contribution in [2.24, 2.45) is 5.10 Å². The van der Waals surface area contributed by atoms with Crippen LogP contribution in [0.15, 0.2) is 27.4 Å². The molecule has 0 aliphatic rings. The number of H-pyrrole nitrogens is 2. The summed E-state index contributed by atoms with van der Waals surface area (Å²) < 4.78 is 0. The third kappa shape index (κ3) is 3.19. The average molecular weight is 278 g/mol. The molecule has 0 saturated carbocycles. The van der Waals surface area contributed by atoms with E-state index in [9.17, 15) is 9.59 Å². The van der Waals surface area contributed by atoms with Crippen LogP contribution >= 0.6 is 11.3 Å². The van der Waals surface area contributed by atoms with Gasteiger partial charge in [-0.25, -0.2) is 5.43 Å². The summed E-state index contributed by atoms with van der Waals surface area (Å²) >= 11 is 1.55. The largest absolute Gasteiger partial charge is 0.302 e. The van der Waals surface area contributed by atoms with Crippen molar-refractivity contribution in [3.63, 3.8) is 0 Å². The molecule has 19 heavy (non-hydrogen) atoms. The average Bonchev–Trinajstić information content (AvgIpc) is 3.01. The van der Waals surface area contributed by atoms with E-state index in [0.717, 1.165) is 10.6 Å². The van der Waals surface area contributed by atoms with Crippen LogP contribution in [0.25, 0.3) is 0 Å². The second-order valence-corrected chi connectivity index (χ2v) is 5.02. The van der Waals surface area contributed by atoms with Crippen molar-refractivity contribution < 1.29 is 4.79 Å². The Morgan fingerprint density at radius 3 is 2.84 bits per heavy atom. The topological polar surface area (TPSA) is 90.1 Å². The lowest BCUT2D eigenvalue weighted by atomic mass is 10.2. The third-order valence-electron chi connectivity index (χ3n) is 2.65. The highest BCUT2D eigenvalue weighted by Crippen LogP contribution is 2.09. The molecule has 0 aromatic carbocycles. The van der Waals surface area contributed by atoms with Crippen LogP contribution in [0.4, 0.5) is 0 Å². The van der Waals surface area contributed by atoms with Gasteiger partial charge in [-0.05, 0) is 25.3 Å². The van der Waals surface area contributed by atoms with E-state index in [1.807, 2.05) is 24.4 Å². The van der Waals surface area contributed by atoms with Gasteiger partial charge in [0.05, 0.1) is 12.1 Å². The van der Waals surface area contributed by atoms with Crippen LogP contribution in [0.2, 0.25) is 0 Å². The van der Waals surface area contributed by atoms with Gasteiger partial charge in [-0.2, -0.15) is 5.10 Å². The Bertz CT molecular complexity index is 652. The molecule has 0 unspecified atom stereocenters. The fourth-order valence-corrected chi connectivity index (χ4v) is 2.25. The standard InChI is InChI=1S/C12H14N4O2S/c1-7-9(12(18)16-13-7)6-11(17)15-14-8(2)10-4-3-5-19-10/h3-5H,6H2,1-2H3,(H,15,17)(H2,13,16,18)/b14-8+. The summed E-state index contributed by atoms with van der Waals surface area (Å²) in [5.74, 6) is -0.316. The number of hydrazone groups is 1. The maximum Gasteiger partial charge on any atom is 0.267 e. The number of hydrogen-bond donors (Lipinski definition) is 3. The number of aromatic nitrogens is 2. The molecular formula is C12H14N4O2S. The zero-order valence-corrected chi connectivity index (χ0v) is 11.4. The molecule has 0 spiro atoms. The summed E-state index contributed by atoms with van der Waals surface area (Å²) in [5, 5.41) is 11.1. The number of rotatable bonds is 4. The first-order valence-corrected chi connectivity index (χ1v) is 6.59. The fourth-order valence-electron chi connectivity index (χ4n) is 1.57. The normalized spacial score (nSPS) is 11.6. The summed E-state index contributed by atoms with van der Waals surface area (Å²) in [7, 11) is 0. The van der Waals surface area contributed by atoms with E-state index in [1.54, 1.807) is 18.3 Å². The summed E-state index contributed by atoms with van der Waals surface area (Å²) in [6.07, 6.45) is 0.00584. The minimum absolute atomic E-state index is 0.00584. The van der Waals surface area contributed by atoms with Gasteiger partial charge in [0.25, 0.3) is 5.56 Å². The molecule has 0 saturated heterocycles. The van der Waals surface area contributed by atoms with E-state index in [0.29, 0.717) is 11.3 Å². The molecule has 0 bridgehead atoms. The van der Waals surface area contributed by atoms with Gasteiger partial charge in [0.2, 0.25) is 5.91 Å². The molecule has 2 heterocycles. The number of amides is 1. The fraction of sp³-hybridized carbons (Fsp3) is 0.250. The number of hydrogen-bond acceptors (Lipinski definition) is 4. The molecule has 2 rings (SSSR count). The van der Waals surface area contributed by atoms with E-state index in [2.05, 4.69) is 20.7 Å². The van der Waals surface area contributed by atoms with Crippen molar-refractivity contribution in [3.05, 3.63) is 44.0 Å². The van der Waals surface area contributed by atoms with Crippen molar-refractivity contribution >= 4 is 23.0 Å². The van der Waals surface area contributed by atoms with Crippen LogP contribution in [0.5, 0.6) is 0 Å². The molecular weight excluding hydrogens is 264 g/mol. The quantitative estimate of drug-likeness (QED) is 0.578. The van der Waals surface area contributed by atoms with Crippen LogP contribution < -0.4 is 11.0 Å². The van der Waals surface area contributed by atoms with Gasteiger partial charge in [0.15, 0.2) is 0 Å². The monoisotopic (exact) mass is 278 g/mol. The molecule has 100 valence electrons. The van der Waals surface area contributed by atoms with Crippen molar-refractivity contribution in [1.82, 2.24) is 15.6 Å². The SMILES string of the molecule is C/C(=N\NC(=O)Cc1c(C)[nH][nH]c1=O)c1cccs1. The second-order valence-electron chi connectivity index (χ2n) is 4.07. The van der Waals surface area contributed by atoms with Crippen molar-refractivity contribution in [2.75, 3.05) is 0 Å². The van der Waals surface area contributed by atoms with E-state index < -0.39 is 0 Å². The Hall–Kier alpha value is -2.15. The molecule has 0 fully saturated rings. The van der Waals surface area contributed by atoms with Gasteiger partial charge >= 0.3 is 0 Å². The summed E-state index contributed by atoms with van der Waals surface area (Å²) in [4.78, 5) is 24.1. The number of aromatic amines is 2. The van der Waals surface area contributed by atoms with Crippen molar-refractivity contribution in [1.29, 1.82) is 0 Å². The first-order valence-electron chi connectivity index (χ1n) is 5.71. The third-order valence-corrected chi connectivity index (χ3v) is 3.63. The predicted octanol–water partition coefficient (Wildman–Crippen LogP) is 1.16. The van der Waals surface area contributed by atoms with Gasteiger partial charge in [-0.3, -0.25) is 14.7 Å². The van der Waals surface area contributed by atoms with E-state index in [-0.39, 0.29) is 17.9 Å². The zero-order chi connectivity index (χ0) is 13.8. The highest BCUT2D eigenvalue weighted by molar-refractivity contribution is 7.12. The van der Waals surface area contributed by atoms with Crippen LogP contribution in [0.3, 0.4) is 0 Å². The maximum atomic E-state index is 11.7. The van der Waals surface area contributed by atoms with E-state index in [1.165, 1.54) is 0 Å². The number of carbonyl (C=O) groups is 1. The summed E-state index contributed by atoms with van der Waals surface area (Å²) in [6, 6.07) is 3.85. The smallest absolute Gasteiger partial charge is 0.267 e. The number of nitrogens with zero attached hydrogens (tertiary/aromatic N) is 1. The molecule has 3 N–H and O–H groups in total. The molecule has 1 amide bonds. The van der Waals surface area contributed by atoms with Crippen LogP contribution in [0.1, 0.15) is 23.1 Å². The lowest BCUT2D eigenvalue weighted by Crippen LogP contribution is -2.23. The summed E-state index contributed by atoms with van der Waals surface area (Å²) in [6.45, 7) is 3.56. The van der Waals surface area contributed by atoms with Gasteiger partial charge in [-0.1, -0.05) is 6.07 Å². The first-order chi connectivity index (χ1) is 9.08. The Balaban J connectivity index is 1.99. The molecule has 2 aromatic heterocycles. The highest BCUT2D eigenvalue weighted by atomic mass is 32.1. The Morgan fingerprint density at radius 2 is 2.26 bits per heavy atom. The zero-order valence-electron chi connectivity index (χ0n) is 10.6. The number of carbonyl (C=O) groups excluding carboxylic acids is 1. The van der Waals surface area contributed by atoms with Crippen LogP contribution in [-0.2, 0) is 11.2 Å². The maximum absolute atomic E-state index is 11.7. The lowest BCUT2D eigenvalue weighted by molar-refractivity contribution is -0.120. The minimum Gasteiger partial charge on any atom is -0.302 e. The molecule has 0 aliphatic heterocycles. The summed E-state index contributed by atoms with van der Waals surface area (Å²) in [5.41, 5.74) is 4.02. The molecule has 2 aromatic rings. The number of aryl methyl sites for hydroxylation is 1. The van der Waals surface area contributed by atoms with Crippen LogP contribution in [-0.4, -0.2) is 21.8 Å². The Morgan fingerprint density at radius 1 is 1.47 bits per heavy atom. The van der Waals surface area contributed by atoms with Crippen LogP contribution in [0, 0.1) is 6.92 Å². The minimum atomic E-state index is -0.316. The van der Waals surface area contributed by atoms with Crippen molar-refractivity contribution in [2.45, 2.75) is 20.3 Å². The van der Waals surface area contributed by atoms with Gasteiger partial charge in [-0.15, -0.1) is 11.3 Å². The Kier molecular flexibility index (Phi) is 3.96. The number of nitrogens with one attached hydrogen (secondary N) is 3. The van der Waals surface area contributed by atoms with Gasteiger partial charge < -0.3 is 5.10 Å². The van der Waals surface area contributed by atoms with E-state index >= 15 is 0 Å². The van der Waals surface area contributed by atoms with E-state index in [4.69, 9.17) is 0 Å². The lowest BCUT2D eigenvalue weighted by Gasteiger charge is -2.00. The predicted molar refractivity (Wildman–Crippen MR) is 74.5 cm³/mol. The first kappa shape index (κ1) is 13.3. The molecule has 6 nitrogen and oxygen atoms in total. The molecule has 0 atom stereocenters. The van der Waals surface area contributed by atoms with Gasteiger partial charge in [0, 0.05) is 16.1 Å². The molecule has 0 aliphatic carbocycles.